The molecule has 0 aromatic carbocycles. The lowest BCUT2D eigenvalue weighted by Crippen LogP contribution is -2.39. The van der Waals surface area contributed by atoms with Crippen LogP contribution < -0.4 is 10.6 Å². The predicted molar refractivity (Wildman–Crippen MR) is 132 cm³/mol. The third-order valence-corrected chi connectivity index (χ3v) is 5.81. The van der Waals surface area contributed by atoms with E-state index in [1.165, 1.54) is 0 Å². The van der Waals surface area contributed by atoms with E-state index >= 15 is 4.32 Å². The molecule has 0 fully saturated rings. The molecular weight excluding hydrogens is 438 g/mol. The summed E-state index contributed by atoms with van der Waals surface area (Å²) < 4.78 is 35.0. The number of halogens is 1. The van der Waals surface area contributed by atoms with Crippen LogP contribution in [-0.4, -0.2) is 87.1 Å². The molecule has 3 heterocycles. The number of fused-ring (bicyclic) bond motifs is 2. The zero-order valence-corrected chi connectivity index (χ0v) is 20.6. The van der Waals surface area contributed by atoms with Gasteiger partial charge in [0.2, 0.25) is 5.91 Å². The Morgan fingerprint density at radius 3 is 2.44 bits per heavy atom. The highest BCUT2D eigenvalue weighted by Gasteiger charge is 2.47. The van der Waals surface area contributed by atoms with Crippen molar-refractivity contribution in [1.29, 1.82) is 0 Å². The number of aromatic nitrogens is 1. The van der Waals surface area contributed by atoms with Gasteiger partial charge in [-0.3, -0.25) is 9.27 Å². The van der Waals surface area contributed by atoms with Gasteiger partial charge in [0.05, 0.1) is 39.6 Å². The first-order chi connectivity index (χ1) is 16.5. The van der Waals surface area contributed by atoms with Crippen molar-refractivity contribution in [2.24, 2.45) is 0 Å². The molecule has 186 valence electrons. The molecule has 3 rings (SSSR count). The Morgan fingerprint density at radius 1 is 1.06 bits per heavy atom. The van der Waals surface area contributed by atoms with E-state index in [2.05, 4.69) is 17.6 Å². The van der Waals surface area contributed by atoms with Crippen molar-refractivity contribution in [2.45, 2.75) is 33.6 Å². The molecule has 0 aliphatic carbocycles. The average Bonchev–Trinajstić information content (AvgIpc) is 3.36. The lowest BCUT2D eigenvalue weighted by atomic mass is 9.96. The summed E-state index contributed by atoms with van der Waals surface area (Å²) in [5.41, 5.74) is 4.49. The van der Waals surface area contributed by atoms with Crippen LogP contribution >= 0.6 is 0 Å². The van der Waals surface area contributed by atoms with E-state index in [0.717, 1.165) is 41.4 Å². The van der Waals surface area contributed by atoms with Crippen LogP contribution in [0, 0.1) is 13.8 Å². The molecule has 10 heteroatoms. The smallest absolute Gasteiger partial charge is 0.378 e. The second-order valence-electron chi connectivity index (χ2n) is 8.34. The average molecular weight is 475 g/mol. The summed E-state index contributed by atoms with van der Waals surface area (Å²) in [7, 11) is -1.29. The minimum atomic E-state index is -1.29. The molecule has 8 nitrogen and oxygen atoms in total. The Labute approximate surface area is 202 Å². The van der Waals surface area contributed by atoms with E-state index in [4.69, 9.17) is 14.2 Å². The quantitative estimate of drug-likeness (QED) is 0.282. The van der Waals surface area contributed by atoms with E-state index in [9.17, 15) is 4.79 Å². The van der Waals surface area contributed by atoms with Crippen LogP contribution in [0.25, 0.3) is 6.08 Å². The number of nitrogens with zero attached hydrogens (tertiary/aromatic N) is 2. The zero-order valence-electron chi connectivity index (χ0n) is 20.6. The molecule has 0 unspecified atom stereocenters. The number of hydrogen-bond donors (Lipinski definition) is 2. The van der Waals surface area contributed by atoms with E-state index in [1.54, 1.807) is 8.96 Å². The normalized spacial score (nSPS) is 14.5. The predicted octanol–water partition coefficient (Wildman–Crippen LogP) is 1.84. The van der Waals surface area contributed by atoms with Crippen LogP contribution in [0.1, 0.15) is 36.7 Å². The second-order valence-corrected chi connectivity index (χ2v) is 8.34. The fourth-order valence-corrected chi connectivity index (χ4v) is 4.10. The fourth-order valence-electron chi connectivity index (χ4n) is 4.10. The number of carbonyl (C=O) groups is 1. The molecule has 0 saturated heterocycles. The Hall–Kier alpha value is -2.27. The van der Waals surface area contributed by atoms with Crippen molar-refractivity contribution in [2.75, 3.05) is 59.3 Å². The van der Waals surface area contributed by atoms with E-state index in [1.807, 2.05) is 38.1 Å². The van der Waals surface area contributed by atoms with Crippen molar-refractivity contribution in [3.8, 4) is 0 Å². The third kappa shape index (κ3) is 7.12. The molecule has 0 radical (unpaired) electrons. The number of ether oxygens (including phenoxy) is 3. The molecule has 2 N–H and O–H groups in total. The summed E-state index contributed by atoms with van der Waals surface area (Å²) >= 11 is 0. The van der Waals surface area contributed by atoms with Gasteiger partial charge in [-0.05, 0) is 32.0 Å². The van der Waals surface area contributed by atoms with Gasteiger partial charge in [-0.25, -0.2) is 8.80 Å². The number of amides is 1. The molecule has 2 aliphatic heterocycles. The maximum atomic E-state index is 15.3. The van der Waals surface area contributed by atoms with Gasteiger partial charge in [0.15, 0.2) is 11.4 Å². The van der Waals surface area contributed by atoms with Gasteiger partial charge in [-0.1, -0.05) is 6.92 Å². The summed E-state index contributed by atoms with van der Waals surface area (Å²) in [6.07, 6.45) is 6.58. The third-order valence-electron chi connectivity index (χ3n) is 5.81. The molecule has 0 saturated carbocycles. The molecule has 1 amide bonds. The molecule has 34 heavy (non-hydrogen) atoms. The molecule has 2 aliphatic rings. The van der Waals surface area contributed by atoms with Gasteiger partial charge < -0.3 is 24.8 Å². The minimum Gasteiger partial charge on any atom is -0.378 e. The summed E-state index contributed by atoms with van der Waals surface area (Å²) in [5, 5.41) is 6.04. The summed E-state index contributed by atoms with van der Waals surface area (Å²) in [6.45, 7) is 11.4. The van der Waals surface area contributed by atoms with Gasteiger partial charge >= 0.3 is 7.26 Å². The Bertz CT molecular complexity index is 928. The van der Waals surface area contributed by atoms with E-state index < -0.39 is 7.26 Å². The minimum absolute atomic E-state index is 0.0750. The molecule has 0 atom stereocenters. The van der Waals surface area contributed by atoms with Crippen LogP contribution in [0.15, 0.2) is 23.9 Å². The fraction of sp³-hybridized carbons (Fsp3) is 0.583. The summed E-state index contributed by atoms with van der Waals surface area (Å²) in [4.78, 5) is 12.2. The Balaban J connectivity index is 1.27. The molecule has 1 aromatic heterocycles. The van der Waals surface area contributed by atoms with E-state index in [0.29, 0.717) is 59.0 Å². The molecule has 0 bridgehead atoms. The highest BCUT2D eigenvalue weighted by atomic mass is 19.1. The van der Waals surface area contributed by atoms with Crippen LogP contribution in [0.3, 0.4) is 0 Å². The number of aryl methyl sites for hydroxylation is 2. The van der Waals surface area contributed by atoms with Crippen molar-refractivity contribution < 1.29 is 27.8 Å². The van der Waals surface area contributed by atoms with Gasteiger partial charge in [0.1, 0.15) is 0 Å². The number of hydrogen-bond acceptors (Lipinski definition) is 5. The zero-order chi connectivity index (χ0) is 24.3. The SMILES string of the molecule is CCNCCOCCOCCOCCNC(=O)CCC1=[N+]2B(F)n3c(C)cc(C)c3C=C2C=C1. The van der Waals surface area contributed by atoms with Gasteiger partial charge in [-0.15, -0.1) is 0 Å². The highest BCUT2D eigenvalue weighted by molar-refractivity contribution is 6.43. The lowest BCUT2D eigenvalue weighted by Gasteiger charge is -2.15. The number of likely N-dealkylation sites (N-methyl/N-ethyl adjacent to an activating group) is 1. The first-order valence-corrected chi connectivity index (χ1v) is 12.1. The van der Waals surface area contributed by atoms with Gasteiger partial charge in [0.25, 0.3) is 0 Å². The van der Waals surface area contributed by atoms with Crippen molar-refractivity contribution in [3.05, 3.63) is 40.9 Å². The standard InChI is InChI=1S/C24H36BFN4O4/c1-4-27-9-11-32-13-15-34-16-14-33-12-10-28-24(31)8-7-21-5-6-22-18-23-19(2)17-20(3)29(23)25(26)30(21)22/h5-6,17-18,27H,4,7-16H2,1-3H3/p+1. The number of allylic oxidation sites excluding steroid dienone is 2. The van der Waals surface area contributed by atoms with Crippen molar-refractivity contribution in [3.63, 3.8) is 0 Å². The maximum Gasteiger partial charge on any atom is 0.846 e. The van der Waals surface area contributed by atoms with Crippen LogP contribution in [0.2, 0.25) is 0 Å². The Kier molecular flexibility index (Phi) is 10.5. The largest absolute Gasteiger partial charge is 0.846 e. The van der Waals surface area contributed by atoms with Gasteiger partial charge in [0, 0.05) is 55.5 Å². The lowest BCUT2D eigenvalue weighted by molar-refractivity contribution is -0.335. The van der Waals surface area contributed by atoms with Crippen molar-refractivity contribution >= 4 is 25.0 Å². The molecule has 1 aromatic rings. The number of carbonyl (C=O) groups excluding carboxylic acids is 1. The van der Waals surface area contributed by atoms with Crippen molar-refractivity contribution in [1.82, 2.24) is 15.1 Å². The molecular formula is C24H37BFN4O4+. The maximum absolute atomic E-state index is 15.3. The van der Waals surface area contributed by atoms with Gasteiger partial charge in [-0.2, -0.15) is 0 Å². The first-order valence-electron chi connectivity index (χ1n) is 12.1. The monoisotopic (exact) mass is 475 g/mol. The Morgan fingerprint density at radius 2 is 1.74 bits per heavy atom. The summed E-state index contributed by atoms with van der Waals surface area (Å²) in [5.74, 6) is -0.0750. The topological polar surface area (TPSA) is 76.8 Å². The number of nitrogens with one attached hydrogen (secondary N) is 2. The van der Waals surface area contributed by atoms with Crippen LogP contribution in [0.5, 0.6) is 0 Å². The van der Waals surface area contributed by atoms with Crippen LogP contribution in [0.4, 0.5) is 4.32 Å². The number of rotatable bonds is 16. The molecule has 0 spiro atoms. The summed E-state index contributed by atoms with van der Waals surface area (Å²) in [6, 6.07) is 1.99. The second kappa shape index (κ2) is 13.6. The van der Waals surface area contributed by atoms with Crippen LogP contribution in [-0.2, 0) is 19.0 Å². The first kappa shape index (κ1) is 26.3. The van der Waals surface area contributed by atoms with E-state index in [-0.39, 0.29) is 5.91 Å². The highest BCUT2D eigenvalue weighted by Crippen LogP contribution is 2.28.